The van der Waals surface area contributed by atoms with Gasteiger partial charge in [-0.3, -0.25) is 0 Å². The molecule has 2 rings (SSSR count). The van der Waals surface area contributed by atoms with Gasteiger partial charge >= 0.3 is 0 Å². The molecule has 0 spiro atoms. The summed E-state index contributed by atoms with van der Waals surface area (Å²) in [5.41, 5.74) is -0.255. The molecule has 1 aromatic carbocycles. The van der Waals surface area contributed by atoms with Gasteiger partial charge in [-0.2, -0.15) is 0 Å². The Balaban J connectivity index is 2.20. The van der Waals surface area contributed by atoms with Gasteiger partial charge in [0.05, 0.1) is 12.6 Å². The Hall–Kier alpha value is -1.71. The molecule has 1 aromatic rings. The molecule has 8 heteroatoms. The van der Waals surface area contributed by atoms with E-state index < -0.39 is 43.3 Å². The molecule has 4 N–H and O–H groups in total. The number of aromatic carboxylic acids is 1. The van der Waals surface area contributed by atoms with Gasteiger partial charge in [-0.15, -0.1) is 0 Å². The van der Waals surface area contributed by atoms with Crippen molar-refractivity contribution >= 4 is 5.97 Å². The van der Waals surface area contributed by atoms with E-state index in [1.54, 1.807) is 0 Å². The van der Waals surface area contributed by atoms with Gasteiger partial charge in [-0.05, 0) is 12.1 Å². The molecule has 5 atom stereocenters. The second-order valence-corrected chi connectivity index (χ2v) is 4.60. The van der Waals surface area contributed by atoms with E-state index in [1.165, 1.54) is 24.3 Å². The van der Waals surface area contributed by atoms with Crippen LogP contribution < -0.4 is 9.84 Å². The first-order valence-electron chi connectivity index (χ1n) is 6.23. The summed E-state index contributed by atoms with van der Waals surface area (Å²) in [7, 11) is 0. The van der Waals surface area contributed by atoms with E-state index in [-0.39, 0.29) is 11.3 Å². The van der Waals surface area contributed by atoms with Crippen LogP contribution in [-0.4, -0.2) is 63.7 Å². The summed E-state index contributed by atoms with van der Waals surface area (Å²) in [6.45, 7) is -0.604. The summed E-state index contributed by atoms with van der Waals surface area (Å²) in [6.07, 6.45) is -7.31. The minimum Gasteiger partial charge on any atom is -0.545 e. The fraction of sp³-hybridized carbons (Fsp3) is 0.462. The number of benzene rings is 1. The van der Waals surface area contributed by atoms with Gasteiger partial charge in [0, 0.05) is 5.56 Å². The molecule has 1 heterocycles. The lowest BCUT2D eigenvalue weighted by molar-refractivity contribution is -0.278. The Morgan fingerprint density at radius 2 is 1.86 bits per heavy atom. The van der Waals surface area contributed by atoms with Crippen LogP contribution in [0.2, 0.25) is 0 Å². The summed E-state index contributed by atoms with van der Waals surface area (Å²) in [5.74, 6) is -1.60. The Bertz CT molecular complexity index is 503. The molecule has 0 aromatic heterocycles. The number of hydrogen-bond donors (Lipinski definition) is 4. The van der Waals surface area contributed by atoms with Crippen molar-refractivity contribution < 1.29 is 39.8 Å². The van der Waals surface area contributed by atoms with E-state index in [9.17, 15) is 25.2 Å². The highest BCUT2D eigenvalue weighted by Crippen LogP contribution is 2.26. The zero-order valence-electron chi connectivity index (χ0n) is 10.8. The average molecular weight is 299 g/mol. The van der Waals surface area contributed by atoms with Crippen LogP contribution in [-0.2, 0) is 4.74 Å². The summed E-state index contributed by atoms with van der Waals surface area (Å²) in [6, 6.07) is 5.54. The fourth-order valence-corrected chi connectivity index (χ4v) is 2.03. The number of carbonyl (C=O) groups excluding carboxylic acids is 1. The van der Waals surface area contributed by atoms with Gasteiger partial charge in [0.25, 0.3) is 0 Å². The lowest BCUT2D eigenvalue weighted by Gasteiger charge is -2.39. The lowest BCUT2D eigenvalue weighted by atomic mass is 9.99. The van der Waals surface area contributed by atoms with Crippen LogP contribution in [0.3, 0.4) is 0 Å². The number of ether oxygens (including phenoxy) is 2. The molecule has 0 aliphatic carbocycles. The molecule has 1 fully saturated rings. The summed E-state index contributed by atoms with van der Waals surface area (Å²) in [4.78, 5) is 11.0. The van der Waals surface area contributed by atoms with Crippen molar-refractivity contribution in [2.75, 3.05) is 6.61 Å². The van der Waals surface area contributed by atoms with Gasteiger partial charge in [-0.1, -0.05) is 12.1 Å². The molecule has 1 saturated heterocycles. The number of rotatable bonds is 4. The predicted octanol–water partition coefficient (Wildman–Crippen LogP) is -2.77. The molecule has 116 valence electrons. The molecule has 0 unspecified atom stereocenters. The van der Waals surface area contributed by atoms with E-state index in [1.807, 2.05) is 0 Å². The first-order chi connectivity index (χ1) is 9.95. The van der Waals surface area contributed by atoms with Crippen LogP contribution in [0.15, 0.2) is 24.3 Å². The number of aliphatic hydroxyl groups excluding tert-OH is 4. The third-order valence-electron chi connectivity index (χ3n) is 3.20. The normalized spacial score (nSPS) is 32.7. The molecule has 21 heavy (non-hydrogen) atoms. The van der Waals surface area contributed by atoms with Gasteiger partial charge in [0.1, 0.15) is 30.2 Å². The number of carbonyl (C=O) groups is 1. The summed E-state index contributed by atoms with van der Waals surface area (Å²) in [5, 5.41) is 49.1. The van der Waals surface area contributed by atoms with E-state index in [0.717, 1.165) is 0 Å². The average Bonchev–Trinajstić information content (AvgIpc) is 2.48. The third-order valence-corrected chi connectivity index (χ3v) is 3.20. The van der Waals surface area contributed by atoms with Crippen LogP contribution in [0.4, 0.5) is 0 Å². The van der Waals surface area contributed by atoms with E-state index in [4.69, 9.17) is 14.6 Å². The van der Waals surface area contributed by atoms with Crippen molar-refractivity contribution in [1.29, 1.82) is 0 Å². The molecule has 1 aliphatic rings. The summed E-state index contributed by atoms with van der Waals surface area (Å²) < 4.78 is 10.4. The van der Waals surface area contributed by atoms with Crippen molar-refractivity contribution in [3.05, 3.63) is 29.8 Å². The first kappa shape index (κ1) is 15.7. The topological polar surface area (TPSA) is 140 Å². The standard InChI is InChI=1S/C13H16O8/c14-5-8-9(15)10(16)11(17)13(21-8)20-7-4-2-1-3-6(7)12(18)19/h1-4,8-11,13-17H,5H2,(H,18,19)/p-1/t8-,9+,10+,11-,13-/m1/s1. The van der Waals surface area contributed by atoms with Crippen LogP contribution in [0.1, 0.15) is 10.4 Å². The van der Waals surface area contributed by atoms with Crippen molar-refractivity contribution in [3.63, 3.8) is 0 Å². The SMILES string of the molecule is O=C([O-])c1ccccc1O[C@@H]1O[C@H](CO)[C@H](O)[C@H](O)[C@H]1O. The number of hydrogen-bond acceptors (Lipinski definition) is 8. The molecular weight excluding hydrogens is 284 g/mol. The van der Waals surface area contributed by atoms with Crippen molar-refractivity contribution in [1.82, 2.24) is 0 Å². The minimum absolute atomic E-state index is 0.123. The molecule has 8 nitrogen and oxygen atoms in total. The molecular formula is C13H15O8-. The maximum Gasteiger partial charge on any atom is 0.229 e. The van der Waals surface area contributed by atoms with Gasteiger partial charge in [0.15, 0.2) is 0 Å². The quantitative estimate of drug-likeness (QED) is 0.468. The Morgan fingerprint density at radius 1 is 1.19 bits per heavy atom. The second-order valence-electron chi connectivity index (χ2n) is 4.60. The van der Waals surface area contributed by atoms with Crippen molar-refractivity contribution in [2.24, 2.45) is 0 Å². The van der Waals surface area contributed by atoms with Crippen molar-refractivity contribution in [3.8, 4) is 5.75 Å². The van der Waals surface area contributed by atoms with Gasteiger partial charge in [0.2, 0.25) is 6.29 Å². The van der Waals surface area contributed by atoms with Crippen LogP contribution in [0.25, 0.3) is 0 Å². The maximum atomic E-state index is 11.0. The molecule has 0 radical (unpaired) electrons. The van der Waals surface area contributed by atoms with Gasteiger partial charge < -0.3 is 39.8 Å². The van der Waals surface area contributed by atoms with Crippen LogP contribution in [0, 0.1) is 0 Å². The molecule has 1 aliphatic heterocycles. The van der Waals surface area contributed by atoms with Gasteiger partial charge in [-0.25, -0.2) is 0 Å². The van der Waals surface area contributed by atoms with Crippen molar-refractivity contribution in [2.45, 2.75) is 30.7 Å². The Kier molecular flexibility index (Phi) is 4.76. The molecule has 0 amide bonds. The number of aliphatic hydroxyl groups is 4. The first-order valence-corrected chi connectivity index (χ1v) is 6.23. The van der Waals surface area contributed by atoms with E-state index in [0.29, 0.717) is 0 Å². The maximum absolute atomic E-state index is 11.0. The van der Waals surface area contributed by atoms with Crippen LogP contribution >= 0.6 is 0 Å². The number of carboxylic acid groups (broad SMARTS) is 1. The smallest absolute Gasteiger partial charge is 0.229 e. The highest BCUT2D eigenvalue weighted by Gasteiger charge is 2.44. The third kappa shape index (κ3) is 3.14. The predicted molar refractivity (Wildman–Crippen MR) is 65.2 cm³/mol. The Labute approximate surface area is 119 Å². The molecule has 0 saturated carbocycles. The second kappa shape index (κ2) is 6.37. The highest BCUT2D eigenvalue weighted by atomic mass is 16.7. The zero-order valence-corrected chi connectivity index (χ0v) is 10.8. The lowest BCUT2D eigenvalue weighted by Crippen LogP contribution is -2.60. The largest absolute Gasteiger partial charge is 0.545 e. The zero-order chi connectivity index (χ0) is 15.6. The number of carboxylic acids is 1. The minimum atomic E-state index is -1.61. The van der Waals surface area contributed by atoms with E-state index >= 15 is 0 Å². The molecule has 0 bridgehead atoms. The highest BCUT2D eigenvalue weighted by molar-refractivity contribution is 5.89. The Morgan fingerprint density at radius 3 is 2.48 bits per heavy atom. The van der Waals surface area contributed by atoms with Crippen LogP contribution in [0.5, 0.6) is 5.75 Å². The monoisotopic (exact) mass is 299 g/mol. The fourth-order valence-electron chi connectivity index (χ4n) is 2.03. The van der Waals surface area contributed by atoms with E-state index in [2.05, 4.69) is 0 Å². The number of para-hydroxylation sites is 1. The summed E-state index contributed by atoms with van der Waals surface area (Å²) >= 11 is 0.